The maximum absolute atomic E-state index is 13.1. The van der Waals surface area contributed by atoms with Gasteiger partial charge in [-0.2, -0.15) is 0 Å². The minimum atomic E-state index is -0.846. The van der Waals surface area contributed by atoms with E-state index in [2.05, 4.69) is 10.3 Å². The van der Waals surface area contributed by atoms with Crippen LogP contribution in [0.25, 0.3) is 0 Å². The van der Waals surface area contributed by atoms with Crippen molar-refractivity contribution in [2.24, 2.45) is 0 Å². The molecule has 0 aliphatic carbocycles. The number of aromatic nitrogens is 1. The van der Waals surface area contributed by atoms with Gasteiger partial charge in [-0.05, 0) is 24.7 Å². The van der Waals surface area contributed by atoms with E-state index < -0.39 is 11.6 Å². The zero-order valence-electron chi connectivity index (χ0n) is 11.7. The van der Waals surface area contributed by atoms with Gasteiger partial charge < -0.3 is 5.32 Å². The summed E-state index contributed by atoms with van der Waals surface area (Å²) in [6, 6.07) is 3.87. The molecule has 0 atom stereocenters. The van der Waals surface area contributed by atoms with Crippen LogP contribution in [0.2, 0.25) is 0 Å². The van der Waals surface area contributed by atoms with E-state index >= 15 is 0 Å². The summed E-state index contributed by atoms with van der Waals surface area (Å²) >= 11 is 1.35. The molecule has 112 valence electrons. The zero-order chi connectivity index (χ0) is 15.4. The number of nitrogens with zero attached hydrogens (tertiary/aromatic N) is 2. The van der Waals surface area contributed by atoms with E-state index in [1.54, 1.807) is 6.07 Å². The molecule has 2 rings (SSSR count). The fourth-order valence-electron chi connectivity index (χ4n) is 1.87. The Bertz CT molecular complexity index is 645. The number of carbonyl (C=O) groups excluding carboxylic acids is 1. The van der Waals surface area contributed by atoms with E-state index in [9.17, 15) is 13.6 Å². The van der Waals surface area contributed by atoms with Gasteiger partial charge >= 0.3 is 0 Å². The van der Waals surface area contributed by atoms with E-state index in [1.165, 1.54) is 24.3 Å². The highest BCUT2D eigenvalue weighted by atomic mass is 32.1. The Balaban J connectivity index is 1.94. The standard InChI is InChI=1S/C14H15F2N3OS/c1-9(20)17-14-18-11(8-21-14)7-19(2)6-10-3-4-12(15)13(16)5-10/h3-5,8H,6-7H2,1-2H3,(H,17,18,20). The first kappa shape index (κ1) is 15.5. The van der Waals surface area contributed by atoms with Crippen LogP contribution < -0.4 is 5.32 Å². The van der Waals surface area contributed by atoms with E-state index in [0.29, 0.717) is 23.8 Å². The Morgan fingerprint density at radius 2 is 2.10 bits per heavy atom. The van der Waals surface area contributed by atoms with E-state index in [1.807, 2.05) is 17.3 Å². The molecule has 4 nitrogen and oxygen atoms in total. The lowest BCUT2D eigenvalue weighted by Crippen LogP contribution is -2.17. The van der Waals surface area contributed by atoms with Crippen LogP contribution in [-0.2, 0) is 17.9 Å². The Kier molecular flexibility index (Phi) is 4.98. The summed E-state index contributed by atoms with van der Waals surface area (Å²) in [6.07, 6.45) is 0. The van der Waals surface area contributed by atoms with Crippen LogP contribution in [0.1, 0.15) is 18.2 Å². The smallest absolute Gasteiger partial charge is 0.223 e. The topological polar surface area (TPSA) is 45.2 Å². The van der Waals surface area contributed by atoms with Crippen LogP contribution in [0.3, 0.4) is 0 Å². The highest BCUT2D eigenvalue weighted by molar-refractivity contribution is 7.13. The molecular formula is C14H15F2N3OS. The predicted molar refractivity (Wildman–Crippen MR) is 77.9 cm³/mol. The third-order valence-electron chi connectivity index (χ3n) is 2.70. The van der Waals surface area contributed by atoms with Crippen molar-refractivity contribution < 1.29 is 13.6 Å². The van der Waals surface area contributed by atoms with Gasteiger partial charge in [-0.3, -0.25) is 9.69 Å². The minimum Gasteiger partial charge on any atom is -0.302 e. The number of thiazole rings is 1. The molecule has 1 heterocycles. The number of amides is 1. The average molecular weight is 311 g/mol. The lowest BCUT2D eigenvalue weighted by atomic mass is 10.2. The number of hydrogen-bond acceptors (Lipinski definition) is 4. The van der Waals surface area contributed by atoms with Gasteiger partial charge in [-0.25, -0.2) is 13.8 Å². The van der Waals surface area contributed by atoms with Gasteiger partial charge in [0.15, 0.2) is 16.8 Å². The number of benzene rings is 1. The SMILES string of the molecule is CC(=O)Nc1nc(CN(C)Cc2ccc(F)c(F)c2)cs1. The Labute approximate surface area is 125 Å². The number of anilines is 1. The van der Waals surface area contributed by atoms with Crippen molar-refractivity contribution >= 4 is 22.4 Å². The first-order valence-corrected chi connectivity index (χ1v) is 7.16. The molecule has 1 aromatic heterocycles. The monoisotopic (exact) mass is 311 g/mol. The number of halogens is 2. The van der Waals surface area contributed by atoms with Crippen LogP contribution in [0.5, 0.6) is 0 Å². The van der Waals surface area contributed by atoms with Crippen LogP contribution in [0.4, 0.5) is 13.9 Å². The summed E-state index contributed by atoms with van der Waals surface area (Å²) in [5.41, 5.74) is 1.50. The molecule has 0 fully saturated rings. The molecule has 0 saturated carbocycles. The van der Waals surface area contributed by atoms with Crippen LogP contribution in [0, 0.1) is 11.6 Å². The molecule has 0 aliphatic heterocycles. The Hall–Kier alpha value is -1.86. The van der Waals surface area contributed by atoms with Crippen LogP contribution in [0.15, 0.2) is 23.6 Å². The molecule has 0 saturated heterocycles. The zero-order valence-corrected chi connectivity index (χ0v) is 12.5. The van der Waals surface area contributed by atoms with Crippen LogP contribution in [-0.4, -0.2) is 22.8 Å². The van der Waals surface area contributed by atoms with Crippen molar-refractivity contribution in [1.82, 2.24) is 9.88 Å². The summed E-state index contributed by atoms with van der Waals surface area (Å²) < 4.78 is 26.0. The lowest BCUT2D eigenvalue weighted by Gasteiger charge is -2.15. The molecule has 0 radical (unpaired) electrons. The quantitative estimate of drug-likeness (QED) is 0.923. The van der Waals surface area contributed by atoms with Crippen molar-refractivity contribution in [3.8, 4) is 0 Å². The molecule has 21 heavy (non-hydrogen) atoms. The summed E-state index contributed by atoms with van der Waals surface area (Å²) in [4.78, 5) is 17.1. The first-order valence-electron chi connectivity index (χ1n) is 6.28. The third kappa shape index (κ3) is 4.57. The second kappa shape index (κ2) is 6.73. The molecule has 0 bridgehead atoms. The average Bonchev–Trinajstić information content (AvgIpc) is 2.80. The molecule has 1 N–H and O–H groups in total. The maximum Gasteiger partial charge on any atom is 0.223 e. The number of nitrogens with one attached hydrogen (secondary N) is 1. The fraction of sp³-hybridized carbons (Fsp3) is 0.286. The third-order valence-corrected chi connectivity index (χ3v) is 3.51. The summed E-state index contributed by atoms with van der Waals surface area (Å²) in [5, 5.41) is 5.03. The van der Waals surface area contributed by atoms with Gasteiger partial charge in [0.2, 0.25) is 5.91 Å². The minimum absolute atomic E-state index is 0.161. The maximum atomic E-state index is 13.1. The largest absolute Gasteiger partial charge is 0.302 e. The first-order chi connectivity index (χ1) is 9.94. The van der Waals surface area contributed by atoms with Gasteiger partial charge in [0.25, 0.3) is 0 Å². The second-order valence-corrected chi connectivity index (χ2v) is 5.60. The summed E-state index contributed by atoms with van der Waals surface area (Å²) in [6.45, 7) is 2.45. The Morgan fingerprint density at radius 3 is 2.76 bits per heavy atom. The van der Waals surface area contributed by atoms with Crippen molar-refractivity contribution in [3.05, 3.63) is 46.5 Å². The normalized spacial score (nSPS) is 10.9. The van der Waals surface area contributed by atoms with E-state index in [0.717, 1.165) is 11.8 Å². The molecule has 2 aromatic rings. The van der Waals surface area contributed by atoms with Gasteiger partial charge in [-0.15, -0.1) is 11.3 Å². The highest BCUT2D eigenvalue weighted by Crippen LogP contribution is 2.17. The predicted octanol–water partition coefficient (Wildman–Crippen LogP) is 3.01. The van der Waals surface area contributed by atoms with E-state index in [4.69, 9.17) is 0 Å². The molecule has 1 amide bonds. The van der Waals surface area contributed by atoms with E-state index in [-0.39, 0.29) is 5.91 Å². The lowest BCUT2D eigenvalue weighted by molar-refractivity contribution is -0.114. The Morgan fingerprint density at radius 1 is 1.33 bits per heavy atom. The van der Waals surface area contributed by atoms with Crippen molar-refractivity contribution in [1.29, 1.82) is 0 Å². The molecular weight excluding hydrogens is 296 g/mol. The fourth-order valence-corrected chi connectivity index (χ4v) is 2.62. The van der Waals surface area contributed by atoms with Gasteiger partial charge in [0.1, 0.15) is 0 Å². The number of hydrogen-bond donors (Lipinski definition) is 1. The van der Waals surface area contributed by atoms with Gasteiger partial charge in [0, 0.05) is 25.4 Å². The molecule has 0 unspecified atom stereocenters. The van der Waals surface area contributed by atoms with Crippen molar-refractivity contribution in [2.75, 3.05) is 12.4 Å². The second-order valence-electron chi connectivity index (χ2n) is 4.75. The van der Waals surface area contributed by atoms with Crippen LogP contribution >= 0.6 is 11.3 Å². The van der Waals surface area contributed by atoms with Crippen molar-refractivity contribution in [2.45, 2.75) is 20.0 Å². The number of rotatable bonds is 5. The molecule has 0 aliphatic rings. The van der Waals surface area contributed by atoms with Crippen molar-refractivity contribution in [3.63, 3.8) is 0 Å². The molecule has 1 aromatic carbocycles. The highest BCUT2D eigenvalue weighted by Gasteiger charge is 2.08. The summed E-state index contributed by atoms with van der Waals surface area (Å²) in [5.74, 6) is -1.85. The number of carbonyl (C=O) groups is 1. The molecule has 0 spiro atoms. The molecule has 7 heteroatoms. The summed E-state index contributed by atoms with van der Waals surface area (Å²) in [7, 11) is 1.86. The van der Waals surface area contributed by atoms with Gasteiger partial charge in [0.05, 0.1) is 5.69 Å². The van der Waals surface area contributed by atoms with Gasteiger partial charge in [-0.1, -0.05) is 6.07 Å².